The Kier molecular flexibility index (Phi) is 4.65. The third-order valence-electron chi connectivity index (χ3n) is 4.34. The van der Waals surface area contributed by atoms with Gasteiger partial charge in [0.05, 0.1) is 11.3 Å². The van der Waals surface area contributed by atoms with Gasteiger partial charge in [0.1, 0.15) is 6.04 Å². The molecule has 1 N–H and O–H groups in total. The molecule has 0 saturated heterocycles. The van der Waals surface area contributed by atoms with E-state index in [0.717, 1.165) is 31.4 Å². The summed E-state index contributed by atoms with van der Waals surface area (Å²) in [6, 6.07) is -0.850. The smallest absolute Gasteiger partial charge is 0.326 e. The zero-order chi connectivity index (χ0) is 15.6. The van der Waals surface area contributed by atoms with Crippen molar-refractivity contribution in [1.82, 2.24) is 14.7 Å². The van der Waals surface area contributed by atoms with Gasteiger partial charge in [0.25, 0.3) is 5.91 Å². The SMILES string of the molecule is CC(C(=O)O)N(C)C(=O)c1cn(C)nc1C1CCCCC1. The molecule has 1 saturated carbocycles. The number of carbonyl (C=O) groups is 2. The Morgan fingerprint density at radius 3 is 2.57 bits per heavy atom. The number of rotatable bonds is 4. The molecule has 21 heavy (non-hydrogen) atoms. The number of carbonyl (C=O) groups excluding carboxylic acids is 1. The van der Waals surface area contributed by atoms with Gasteiger partial charge in [-0.25, -0.2) is 4.79 Å². The fraction of sp³-hybridized carbons (Fsp3) is 0.667. The van der Waals surface area contributed by atoms with Crippen molar-refractivity contribution in [3.8, 4) is 0 Å². The highest BCUT2D eigenvalue weighted by Gasteiger charge is 2.29. The summed E-state index contributed by atoms with van der Waals surface area (Å²) < 4.78 is 1.65. The summed E-state index contributed by atoms with van der Waals surface area (Å²) in [4.78, 5) is 24.9. The lowest BCUT2D eigenvalue weighted by molar-refractivity contribution is -0.141. The normalized spacial score (nSPS) is 17.5. The topological polar surface area (TPSA) is 75.4 Å². The van der Waals surface area contributed by atoms with E-state index in [-0.39, 0.29) is 5.91 Å². The second kappa shape index (κ2) is 6.28. The summed E-state index contributed by atoms with van der Waals surface area (Å²) in [5.74, 6) is -0.958. The van der Waals surface area contributed by atoms with E-state index in [9.17, 15) is 9.59 Å². The molecular formula is C15H23N3O3. The Morgan fingerprint density at radius 1 is 1.38 bits per heavy atom. The van der Waals surface area contributed by atoms with E-state index in [1.165, 1.54) is 25.3 Å². The number of carboxylic acid groups (broad SMARTS) is 1. The van der Waals surface area contributed by atoms with Crippen LogP contribution in [0.4, 0.5) is 0 Å². The second-order valence-electron chi connectivity index (χ2n) is 5.87. The Morgan fingerprint density at radius 2 is 2.00 bits per heavy atom. The molecule has 0 spiro atoms. The molecule has 1 amide bonds. The Labute approximate surface area is 124 Å². The average molecular weight is 293 g/mol. The predicted molar refractivity (Wildman–Crippen MR) is 78.2 cm³/mol. The minimum Gasteiger partial charge on any atom is -0.480 e. The van der Waals surface area contributed by atoms with E-state index >= 15 is 0 Å². The van der Waals surface area contributed by atoms with Crippen LogP contribution < -0.4 is 0 Å². The number of likely N-dealkylation sites (N-methyl/N-ethyl adjacent to an activating group) is 1. The highest BCUT2D eigenvalue weighted by Crippen LogP contribution is 2.33. The van der Waals surface area contributed by atoms with Gasteiger partial charge in [-0.1, -0.05) is 19.3 Å². The van der Waals surface area contributed by atoms with E-state index in [4.69, 9.17) is 5.11 Å². The van der Waals surface area contributed by atoms with Gasteiger partial charge in [-0.05, 0) is 19.8 Å². The molecule has 1 aromatic rings. The van der Waals surface area contributed by atoms with Crippen LogP contribution in [0.3, 0.4) is 0 Å². The Balaban J connectivity index is 2.26. The lowest BCUT2D eigenvalue weighted by Gasteiger charge is -2.24. The molecule has 1 atom stereocenters. The van der Waals surface area contributed by atoms with Gasteiger partial charge in [0.2, 0.25) is 0 Å². The van der Waals surface area contributed by atoms with Crippen molar-refractivity contribution in [2.45, 2.75) is 51.0 Å². The minimum absolute atomic E-state index is 0.265. The van der Waals surface area contributed by atoms with Crippen molar-refractivity contribution >= 4 is 11.9 Å². The van der Waals surface area contributed by atoms with Gasteiger partial charge in [0.15, 0.2) is 0 Å². The maximum Gasteiger partial charge on any atom is 0.326 e. The van der Waals surface area contributed by atoms with Gasteiger partial charge in [-0.15, -0.1) is 0 Å². The lowest BCUT2D eigenvalue weighted by Crippen LogP contribution is -2.40. The van der Waals surface area contributed by atoms with Crippen molar-refractivity contribution in [1.29, 1.82) is 0 Å². The van der Waals surface area contributed by atoms with E-state index in [1.807, 2.05) is 0 Å². The largest absolute Gasteiger partial charge is 0.480 e. The molecule has 0 aromatic carbocycles. The summed E-state index contributed by atoms with van der Waals surface area (Å²) >= 11 is 0. The zero-order valence-corrected chi connectivity index (χ0v) is 12.9. The molecule has 1 aliphatic rings. The molecule has 0 aliphatic heterocycles. The summed E-state index contributed by atoms with van der Waals surface area (Å²) in [5, 5.41) is 13.5. The standard InChI is InChI=1S/C15H23N3O3/c1-10(15(20)21)18(3)14(19)12-9-17(2)16-13(12)11-7-5-4-6-8-11/h9-11H,4-8H2,1-3H3,(H,20,21). The second-order valence-corrected chi connectivity index (χ2v) is 5.87. The van der Waals surface area contributed by atoms with Crippen LogP contribution in [0.5, 0.6) is 0 Å². The number of nitrogens with zero attached hydrogens (tertiary/aromatic N) is 3. The molecule has 1 aromatic heterocycles. The third-order valence-corrected chi connectivity index (χ3v) is 4.34. The number of aryl methyl sites for hydroxylation is 1. The van der Waals surface area contributed by atoms with Gasteiger partial charge in [0, 0.05) is 26.2 Å². The summed E-state index contributed by atoms with van der Waals surface area (Å²) in [6.45, 7) is 1.51. The van der Waals surface area contributed by atoms with Crippen LogP contribution in [0, 0.1) is 0 Å². The van der Waals surface area contributed by atoms with Crippen molar-refractivity contribution in [2.75, 3.05) is 7.05 Å². The van der Waals surface area contributed by atoms with Crippen molar-refractivity contribution in [3.63, 3.8) is 0 Å². The molecule has 1 fully saturated rings. The van der Waals surface area contributed by atoms with Crippen molar-refractivity contribution in [2.24, 2.45) is 7.05 Å². The minimum atomic E-state index is -1.01. The van der Waals surface area contributed by atoms with Crippen LogP contribution in [-0.2, 0) is 11.8 Å². The van der Waals surface area contributed by atoms with Crippen LogP contribution in [0.2, 0.25) is 0 Å². The number of aromatic nitrogens is 2. The fourth-order valence-corrected chi connectivity index (χ4v) is 2.88. The quantitative estimate of drug-likeness (QED) is 0.921. The van der Waals surface area contributed by atoms with E-state index in [1.54, 1.807) is 17.9 Å². The first-order chi connectivity index (χ1) is 9.91. The third kappa shape index (κ3) is 3.25. The van der Waals surface area contributed by atoms with E-state index < -0.39 is 12.0 Å². The van der Waals surface area contributed by atoms with Crippen molar-refractivity contribution in [3.05, 3.63) is 17.5 Å². The summed E-state index contributed by atoms with van der Waals surface area (Å²) in [5.41, 5.74) is 1.37. The first kappa shape index (κ1) is 15.5. The maximum atomic E-state index is 12.6. The van der Waals surface area contributed by atoms with Gasteiger partial charge in [-0.3, -0.25) is 9.48 Å². The first-order valence-corrected chi connectivity index (χ1v) is 7.45. The van der Waals surface area contributed by atoms with Gasteiger partial charge >= 0.3 is 5.97 Å². The van der Waals surface area contributed by atoms with Crippen LogP contribution >= 0.6 is 0 Å². The van der Waals surface area contributed by atoms with Crippen LogP contribution in [0.15, 0.2) is 6.20 Å². The zero-order valence-electron chi connectivity index (χ0n) is 12.9. The number of aliphatic carboxylic acids is 1. The average Bonchev–Trinajstić information content (AvgIpc) is 2.87. The van der Waals surface area contributed by atoms with Gasteiger partial charge in [-0.2, -0.15) is 5.10 Å². The monoisotopic (exact) mass is 293 g/mol. The fourth-order valence-electron chi connectivity index (χ4n) is 2.88. The predicted octanol–water partition coefficient (Wildman–Crippen LogP) is 2.01. The summed E-state index contributed by atoms with van der Waals surface area (Å²) in [6.07, 6.45) is 7.37. The van der Waals surface area contributed by atoms with Crippen molar-refractivity contribution < 1.29 is 14.7 Å². The molecule has 1 heterocycles. The number of amides is 1. The maximum absolute atomic E-state index is 12.6. The molecule has 6 nitrogen and oxygen atoms in total. The molecule has 1 unspecified atom stereocenters. The van der Waals surface area contributed by atoms with Crippen LogP contribution in [-0.4, -0.2) is 44.8 Å². The molecular weight excluding hydrogens is 270 g/mol. The molecule has 116 valence electrons. The molecule has 0 radical (unpaired) electrons. The number of hydrogen-bond acceptors (Lipinski definition) is 3. The van der Waals surface area contributed by atoms with Gasteiger partial charge < -0.3 is 10.0 Å². The molecule has 2 rings (SSSR count). The Bertz CT molecular complexity index is 532. The van der Waals surface area contributed by atoms with E-state index in [2.05, 4.69) is 5.10 Å². The molecule has 6 heteroatoms. The van der Waals surface area contributed by atoms with E-state index in [0.29, 0.717) is 11.5 Å². The first-order valence-electron chi connectivity index (χ1n) is 7.45. The number of hydrogen-bond donors (Lipinski definition) is 1. The highest BCUT2D eigenvalue weighted by molar-refractivity contribution is 5.97. The molecule has 0 bridgehead atoms. The Hall–Kier alpha value is -1.85. The highest BCUT2D eigenvalue weighted by atomic mass is 16.4. The van der Waals surface area contributed by atoms with Crippen LogP contribution in [0.25, 0.3) is 0 Å². The molecule has 1 aliphatic carbocycles. The summed E-state index contributed by atoms with van der Waals surface area (Å²) in [7, 11) is 3.32. The number of carboxylic acids is 1. The lowest BCUT2D eigenvalue weighted by atomic mass is 9.85. The van der Waals surface area contributed by atoms with Crippen LogP contribution in [0.1, 0.15) is 61.0 Å².